The third kappa shape index (κ3) is 6.37. The Morgan fingerprint density at radius 1 is 1.08 bits per heavy atom. The molecule has 0 unspecified atom stereocenters. The second kappa shape index (κ2) is 12.5. The Kier molecular flexibility index (Phi) is 8.94. The molecule has 2 fully saturated rings. The first-order valence-electron chi connectivity index (χ1n) is 13.4. The Morgan fingerprint density at radius 3 is 2.35 bits per heavy atom. The van der Waals surface area contributed by atoms with Gasteiger partial charge in [-0.05, 0) is 56.9 Å². The Morgan fingerprint density at radius 2 is 1.81 bits per heavy atom. The minimum Gasteiger partial charge on any atom is -0.368 e. The maximum absolute atomic E-state index is 12.6. The second-order valence-corrected chi connectivity index (χ2v) is 9.74. The summed E-state index contributed by atoms with van der Waals surface area (Å²) < 4.78 is 2.26. The number of hydrogen-bond acceptors (Lipinski definition) is 4. The van der Waals surface area contributed by atoms with Crippen LogP contribution in [-0.4, -0.2) is 52.5 Å². The van der Waals surface area contributed by atoms with E-state index in [1.807, 2.05) is 23.1 Å². The number of rotatable bonds is 7. The second-order valence-electron chi connectivity index (χ2n) is 9.74. The van der Waals surface area contributed by atoms with Crippen LogP contribution >= 0.6 is 0 Å². The fraction of sp³-hybridized carbons (Fsp3) is 0.387. The van der Waals surface area contributed by atoms with E-state index in [-0.39, 0.29) is 12.3 Å². The monoisotopic (exact) mass is 497 g/mol. The molecule has 5 rings (SSSR count). The average Bonchev–Trinajstić information content (AvgIpc) is 3.25. The Bertz CT molecular complexity index is 1250. The van der Waals surface area contributed by atoms with Gasteiger partial charge in [-0.25, -0.2) is 0 Å². The van der Waals surface area contributed by atoms with Gasteiger partial charge in [0, 0.05) is 49.2 Å². The molecule has 0 radical (unpaired) electrons. The van der Waals surface area contributed by atoms with E-state index >= 15 is 0 Å². The summed E-state index contributed by atoms with van der Waals surface area (Å²) >= 11 is 0. The quantitative estimate of drug-likeness (QED) is 0.369. The van der Waals surface area contributed by atoms with E-state index in [1.54, 1.807) is 6.08 Å². The summed E-state index contributed by atoms with van der Waals surface area (Å²) in [5.74, 6) is 0.0984. The van der Waals surface area contributed by atoms with Gasteiger partial charge in [0.15, 0.2) is 0 Å². The molecule has 0 N–H and O–H groups in total. The first kappa shape index (κ1) is 26.4. The fourth-order valence-electron chi connectivity index (χ4n) is 4.86. The molecule has 194 valence electrons. The van der Waals surface area contributed by atoms with E-state index in [0.717, 1.165) is 32.6 Å². The number of aryl methyl sites for hydroxylation is 2. The molecule has 37 heavy (non-hydrogen) atoms. The molecule has 6 heteroatoms. The van der Waals surface area contributed by atoms with Gasteiger partial charge in [0.05, 0.1) is 23.7 Å². The number of amides is 1. The van der Waals surface area contributed by atoms with Crippen molar-refractivity contribution in [3.8, 4) is 0 Å². The number of allylic oxidation sites excluding steroid dienone is 1. The van der Waals surface area contributed by atoms with Crippen LogP contribution in [0.25, 0.3) is 10.9 Å². The molecule has 6 nitrogen and oxygen atoms in total. The number of piperazine rings is 1. The van der Waals surface area contributed by atoms with Crippen LogP contribution in [0.1, 0.15) is 49.9 Å². The first-order valence-corrected chi connectivity index (χ1v) is 13.4. The summed E-state index contributed by atoms with van der Waals surface area (Å²) in [6.07, 6.45) is 8.07. The summed E-state index contributed by atoms with van der Waals surface area (Å²) in [6.45, 7) is 14.7. The number of aliphatic imine (C=N–C) groups is 1. The standard InChI is InChI=1S/C24H31N5O.C7H8/c1-4-18(25-6-3)16-24(30)28-14-12-27(13-15-28)20-10-11-21-22(5-2)26-29(23(21)17-20)19-8-7-9-19;1-7-5-3-2-4-6-7/h4,6,10-11,17,19H,1,3,5,7-9,12-16H2,2H3;2-6H,1H3. The molecule has 1 aliphatic heterocycles. The van der Waals surface area contributed by atoms with Crippen molar-refractivity contribution < 1.29 is 4.79 Å². The van der Waals surface area contributed by atoms with E-state index in [2.05, 4.69) is 71.9 Å². The largest absolute Gasteiger partial charge is 0.368 e. The molecule has 1 saturated carbocycles. The highest BCUT2D eigenvalue weighted by molar-refractivity contribution is 6.07. The molecule has 2 aliphatic rings. The number of benzene rings is 2. The molecule has 2 aromatic carbocycles. The predicted octanol–water partition coefficient (Wildman–Crippen LogP) is 6.13. The zero-order chi connectivity index (χ0) is 26.2. The SMILES string of the molecule is C=CN=C(C=C)CC(=O)N1CCN(c2ccc3c(CC)nn(C4CCC4)c3c2)CC1.Cc1ccccc1. The van der Waals surface area contributed by atoms with Crippen molar-refractivity contribution in [1.82, 2.24) is 14.7 Å². The molecular weight excluding hydrogens is 458 g/mol. The van der Waals surface area contributed by atoms with Crippen molar-refractivity contribution in [3.05, 3.63) is 85.2 Å². The number of carbonyl (C=O) groups excluding carboxylic acids is 1. The number of nitrogens with zero attached hydrogens (tertiary/aromatic N) is 5. The van der Waals surface area contributed by atoms with Gasteiger partial charge in [-0.3, -0.25) is 14.5 Å². The molecule has 1 aliphatic carbocycles. The Labute approximate surface area is 221 Å². The molecule has 0 atom stereocenters. The lowest BCUT2D eigenvalue weighted by molar-refractivity contribution is -0.130. The van der Waals surface area contributed by atoms with E-state index in [4.69, 9.17) is 5.10 Å². The Balaban J connectivity index is 0.000000396. The van der Waals surface area contributed by atoms with Crippen LogP contribution in [-0.2, 0) is 11.2 Å². The van der Waals surface area contributed by atoms with Crippen LogP contribution in [0.3, 0.4) is 0 Å². The van der Waals surface area contributed by atoms with Gasteiger partial charge < -0.3 is 9.80 Å². The average molecular weight is 498 g/mol. The molecule has 0 spiro atoms. The van der Waals surface area contributed by atoms with Crippen molar-refractivity contribution in [2.75, 3.05) is 31.1 Å². The van der Waals surface area contributed by atoms with Gasteiger partial charge in [-0.15, -0.1) is 0 Å². The Hall–Kier alpha value is -3.67. The van der Waals surface area contributed by atoms with Gasteiger partial charge >= 0.3 is 0 Å². The van der Waals surface area contributed by atoms with Gasteiger partial charge in [0.25, 0.3) is 0 Å². The summed E-state index contributed by atoms with van der Waals surface area (Å²) in [7, 11) is 0. The van der Waals surface area contributed by atoms with E-state index in [1.165, 1.54) is 53.3 Å². The lowest BCUT2D eigenvalue weighted by atomic mass is 9.93. The molecule has 1 saturated heterocycles. The zero-order valence-electron chi connectivity index (χ0n) is 22.3. The highest BCUT2D eigenvalue weighted by Gasteiger charge is 2.25. The van der Waals surface area contributed by atoms with Gasteiger partial charge in [0.1, 0.15) is 0 Å². The number of aromatic nitrogens is 2. The maximum Gasteiger partial charge on any atom is 0.228 e. The van der Waals surface area contributed by atoms with Crippen LogP contribution in [0.2, 0.25) is 0 Å². The summed E-state index contributed by atoms with van der Waals surface area (Å²) in [6, 6.07) is 17.5. The molecule has 2 heterocycles. The topological polar surface area (TPSA) is 53.7 Å². The molecular formula is C31H39N5O. The fourth-order valence-corrected chi connectivity index (χ4v) is 4.86. The maximum atomic E-state index is 12.6. The lowest BCUT2D eigenvalue weighted by Crippen LogP contribution is -2.49. The highest BCUT2D eigenvalue weighted by Crippen LogP contribution is 2.36. The van der Waals surface area contributed by atoms with Gasteiger partial charge in [-0.2, -0.15) is 5.10 Å². The van der Waals surface area contributed by atoms with Crippen molar-refractivity contribution in [3.63, 3.8) is 0 Å². The summed E-state index contributed by atoms with van der Waals surface area (Å²) in [5.41, 5.74) is 5.65. The minimum atomic E-state index is 0.0984. The summed E-state index contributed by atoms with van der Waals surface area (Å²) in [5, 5.41) is 6.20. The molecule has 3 aromatic rings. The highest BCUT2D eigenvalue weighted by atomic mass is 16.2. The van der Waals surface area contributed by atoms with Crippen molar-refractivity contribution in [2.24, 2.45) is 4.99 Å². The molecule has 0 bridgehead atoms. The number of anilines is 1. The van der Waals surface area contributed by atoms with Crippen molar-refractivity contribution in [2.45, 2.75) is 52.0 Å². The minimum absolute atomic E-state index is 0.0984. The van der Waals surface area contributed by atoms with Crippen LogP contribution in [0.5, 0.6) is 0 Å². The third-order valence-corrected chi connectivity index (χ3v) is 7.29. The number of fused-ring (bicyclic) bond motifs is 1. The first-order chi connectivity index (χ1) is 18.0. The van der Waals surface area contributed by atoms with Crippen LogP contribution in [0, 0.1) is 6.92 Å². The van der Waals surface area contributed by atoms with E-state index in [0.29, 0.717) is 11.8 Å². The van der Waals surface area contributed by atoms with E-state index in [9.17, 15) is 4.79 Å². The number of carbonyl (C=O) groups is 1. The van der Waals surface area contributed by atoms with Crippen molar-refractivity contribution in [1.29, 1.82) is 0 Å². The van der Waals surface area contributed by atoms with Crippen LogP contribution in [0.15, 0.2) is 79.0 Å². The van der Waals surface area contributed by atoms with Crippen LogP contribution in [0.4, 0.5) is 5.69 Å². The lowest BCUT2D eigenvalue weighted by Gasteiger charge is -2.36. The molecule has 1 aromatic heterocycles. The van der Waals surface area contributed by atoms with Crippen molar-refractivity contribution >= 4 is 28.2 Å². The van der Waals surface area contributed by atoms with E-state index < -0.39 is 0 Å². The normalized spacial score (nSPS) is 16.1. The predicted molar refractivity (Wildman–Crippen MR) is 154 cm³/mol. The summed E-state index contributed by atoms with van der Waals surface area (Å²) in [4.78, 5) is 21.0. The van der Waals surface area contributed by atoms with Gasteiger partial charge in [0.2, 0.25) is 5.91 Å². The van der Waals surface area contributed by atoms with Gasteiger partial charge in [-0.1, -0.05) is 56.0 Å². The number of hydrogen-bond donors (Lipinski definition) is 0. The third-order valence-electron chi connectivity index (χ3n) is 7.29. The zero-order valence-corrected chi connectivity index (χ0v) is 22.3. The molecule has 1 amide bonds. The van der Waals surface area contributed by atoms with Crippen LogP contribution < -0.4 is 4.90 Å². The smallest absolute Gasteiger partial charge is 0.228 e.